The van der Waals surface area contributed by atoms with E-state index < -0.39 is 12.0 Å². The van der Waals surface area contributed by atoms with Crippen LogP contribution in [-0.2, 0) is 9.53 Å². The summed E-state index contributed by atoms with van der Waals surface area (Å²) in [5.74, 6) is -0.160. The predicted molar refractivity (Wildman–Crippen MR) is 109 cm³/mol. The summed E-state index contributed by atoms with van der Waals surface area (Å²) in [7, 11) is 0. The number of guanidine groups is 1. The lowest BCUT2D eigenvalue weighted by Crippen LogP contribution is -2.51. The highest BCUT2D eigenvalue weighted by Crippen LogP contribution is 2.20. The third-order valence-corrected chi connectivity index (χ3v) is 4.68. The van der Waals surface area contributed by atoms with Gasteiger partial charge in [-0.2, -0.15) is 0 Å². The van der Waals surface area contributed by atoms with Gasteiger partial charge in [-0.1, -0.05) is 0 Å². The van der Waals surface area contributed by atoms with Crippen molar-refractivity contribution in [3.63, 3.8) is 0 Å². The Balaban J connectivity index is 0.00000243. The molecule has 2 unspecified atom stereocenters. The molecular weight excluding hydrogens is 452 g/mol. The van der Waals surface area contributed by atoms with E-state index in [1.807, 2.05) is 4.90 Å². The molecule has 7 nitrogen and oxygen atoms in total. The summed E-state index contributed by atoms with van der Waals surface area (Å²) in [5, 5.41) is 0. The Morgan fingerprint density at radius 1 is 1.15 bits per heavy atom. The van der Waals surface area contributed by atoms with E-state index in [1.54, 1.807) is 12.1 Å². The lowest BCUT2D eigenvalue weighted by atomic mass is 10.2. The number of rotatable bonds is 4. The zero-order chi connectivity index (χ0) is 17.8. The van der Waals surface area contributed by atoms with Crippen LogP contribution in [0.2, 0.25) is 0 Å². The van der Waals surface area contributed by atoms with Crippen molar-refractivity contribution in [1.82, 2.24) is 4.90 Å². The molecule has 1 amide bonds. The van der Waals surface area contributed by atoms with Gasteiger partial charge in [0, 0.05) is 31.9 Å². The minimum Gasteiger partial charge on any atom is -0.370 e. The second-order valence-electron chi connectivity index (χ2n) is 6.38. The van der Waals surface area contributed by atoms with E-state index in [2.05, 4.69) is 9.89 Å². The molecule has 2 aliphatic rings. The summed E-state index contributed by atoms with van der Waals surface area (Å²) in [4.78, 5) is 19.7. The number of carbonyl (C=O) groups excluding carboxylic acids is 1. The first-order valence-electron chi connectivity index (χ1n) is 8.53. The van der Waals surface area contributed by atoms with Gasteiger partial charge in [0.25, 0.3) is 0 Å². The number of nitrogens with two attached hydrogens (primary N) is 2. The van der Waals surface area contributed by atoms with E-state index in [9.17, 15) is 9.18 Å². The first kappa shape index (κ1) is 20.7. The Labute approximate surface area is 169 Å². The third-order valence-electron chi connectivity index (χ3n) is 4.68. The fraction of sp³-hybridized carbons (Fsp3) is 0.529. The number of carbonyl (C=O) groups is 1. The molecule has 0 bridgehead atoms. The van der Waals surface area contributed by atoms with Crippen LogP contribution in [0.4, 0.5) is 10.1 Å². The highest BCUT2D eigenvalue weighted by molar-refractivity contribution is 14.0. The molecule has 0 saturated carbocycles. The molecule has 144 valence electrons. The van der Waals surface area contributed by atoms with Gasteiger partial charge in [-0.15, -0.1) is 24.0 Å². The van der Waals surface area contributed by atoms with Gasteiger partial charge in [0.1, 0.15) is 11.9 Å². The van der Waals surface area contributed by atoms with Gasteiger partial charge in [0.05, 0.1) is 12.6 Å². The van der Waals surface area contributed by atoms with Gasteiger partial charge in [-0.05, 0) is 37.1 Å². The van der Waals surface area contributed by atoms with Crippen molar-refractivity contribution >= 4 is 41.5 Å². The zero-order valence-corrected chi connectivity index (χ0v) is 16.8. The van der Waals surface area contributed by atoms with Crippen molar-refractivity contribution in [2.75, 3.05) is 37.6 Å². The average Bonchev–Trinajstić information content (AvgIpc) is 3.10. The fourth-order valence-corrected chi connectivity index (χ4v) is 3.19. The van der Waals surface area contributed by atoms with E-state index in [0.29, 0.717) is 18.9 Å². The zero-order valence-electron chi connectivity index (χ0n) is 14.5. The maximum atomic E-state index is 13.0. The van der Waals surface area contributed by atoms with Crippen LogP contribution in [0, 0.1) is 5.82 Å². The largest absolute Gasteiger partial charge is 0.370 e. The Hall–Kier alpha value is -1.62. The lowest BCUT2D eigenvalue weighted by molar-refractivity contribution is -0.128. The molecule has 26 heavy (non-hydrogen) atoms. The molecule has 1 aromatic rings. The Bertz CT molecular complexity index is 635. The van der Waals surface area contributed by atoms with Crippen LogP contribution in [0.3, 0.4) is 0 Å². The van der Waals surface area contributed by atoms with Crippen molar-refractivity contribution in [2.45, 2.75) is 25.0 Å². The lowest BCUT2D eigenvalue weighted by Gasteiger charge is -2.36. The smallest absolute Gasteiger partial charge is 0.246 e. The number of aliphatic imine (C=N–C) groups is 1. The van der Waals surface area contributed by atoms with Gasteiger partial charge in [-0.25, -0.2) is 4.39 Å². The molecule has 9 heteroatoms. The first-order chi connectivity index (χ1) is 12.0. The number of primary amides is 1. The Kier molecular flexibility index (Phi) is 7.44. The van der Waals surface area contributed by atoms with Crippen LogP contribution in [0.5, 0.6) is 0 Å². The molecule has 4 N–H and O–H groups in total. The molecular formula is C17H25FIN5O2. The average molecular weight is 477 g/mol. The van der Waals surface area contributed by atoms with Crippen LogP contribution in [0.25, 0.3) is 0 Å². The number of amides is 1. The fourth-order valence-electron chi connectivity index (χ4n) is 3.19. The summed E-state index contributed by atoms with van der Waals surface area (Å²) in [6.07, 6.45) is 0.811. The molecule has 2 fully saturated rings. The van der Waals surface area contributed by atoms with E-state index >= 15 is 0 Å². The van der Waals surface area contributed by atoms with Gasteiger partial charge in [-0.3, -0.25) is 9.79 Å². The molecule has 2 aliphatic heterocycles. The molecule has 1 aromatic carbocycles. The molecule has 0 spiro atoms. The number of anilines is 1. The van der Waals surface area contributed by atoms with Crippen LogP contribution < -0.4 is 16.4 Å². The predicted octanol–water partition coefficient (Wildman–Crippen LogP) is 0.913. The number of nitrogens with zero attached hydrogens (tertiary/aromatic N) is 3. The highest BCUT2D eigenvalue weighted by atomic mass is 127. The molecule has 0 aliphatic carbocycles. The summed E-state index contributed by atoms with van der Waals surface area (Å²) in [6.45, 7) is 3.54. The highest BCUT2D eigenvalue weighted by Gasteiger charge is 2.29. The second kappa shape index (κ2) is 9.36. The Morgan fingerprint density at radius 2 is 1.81 bits per heavy atom. The van der Waals surface area contributed by atoms with E-state index in [0.717, 1.165) is 38.3 Å². The van der Waals surface area contributed by atoms with E-state index in [-0.39, 0.29) is 35.9 Å². The van der Waals surface area contributed by atoms with Crippen LogP contribution in [0.15, 0.2) is 29.3 Å². The maximum absolute atomic E-state index is 13.0. The second-order valence-corrected chi connectivity index (χ2v) is 6.38. The molecule has 2 atom stereocenters. The summed E-state index contributed by atoms with van der Waals surface area (Å²) < 4.78 is 18.6. The van der Waals surface area contributed by atoms with Crippen molar-refractivity contribution < 1.29 is 13.9 Å². The summed E-state index contributed by atoms with van der Waals surface area (Å²) in [5.41, 5.74) is 12.3. The topological polar surface area (TPSA) is 97.2 Å². The van der Waals surface area contributed by atoms with E-state index in [1.165, 1.54) is 12.1 Å². The van der Waals surface area contributed by atoms with Crippen LogP contribution in [0.1, 0.15) is 12.8 Å². The number of halogens is 2. The Morgan fingerprint density at radius 3 is 2.38 bits per heavy atom. The van der Waals surface area contributed by atoms with Crippen LogP contribution in [-0.4, -0.2) is 61.7 Å². The molecule has 2 saturated heterocycles. The maximum Gasteiger partial charge on any atom is 0.246 e. The van der Waals surface area contributed by atoms with Crippen molar-refractivity contribution in [3.05, 3.63) is 30.1 Å². The van der Waals surface area contributed by atoms with E-state index in [4.69, 9.17) is 16.2 Å². The monoisotopic (exact) mass is 477 g/mol. The number of hydrogen-bond donors (Lipinski definition) is 2. The van der Waals surface area contributed by atoms with Gasteiger partial charge in [0.15, 0.2) is 5.96 Å². The minimum atomic E-state index is -0.499. The molecule has 0 aromatic heterocycles. The standard InChI is InChI=1S/C17H24FN5O2.HI/c18-12-1-3-13(4-2-12)22-7-9-23(10-8-22)17(20)21-11-14-5-6-15(25-14)16(19)24;/h1-4,14-15H,5-11H2,(H2,19,24)(H2,20,21);1H. The van der Waals surface area contributed by atoms with Gasteiger partial charge < -0.3 is 26.0 Å². The van der Waals surface area contributed by atoms with Crippen molar-refractivity contribution in [2.24, 2.45) is 16.5 Å². The first-order valence-corrected chi connectivity index (χ1v) is 8.53. The summed E-state index contributed by atoms with van der Waals surface area (Å²) in [6, 6.07) is 6.51. The molecule has 2 heterocycles. The minimum absolute atomic E-state index is 0. The van der Waals surface area contributed by atoms with Gasteiger partial charge >= 0.3 is 0 Å². The number of hydrogen-bond acceptors (Lipinski definition) is 4. The normalized spacial score (nSPS) is 23.7. The quantitative estimate of drug-likeness (QED) is 0.382. The van der Waals surface area contributed by atoms with Gasteiger partial charge in [0.2, 0.25) is 5.91 Å². The third kappa shape index (κ3) is 5.19. The number of benzene rings is 1. The molecule has 3 rings (SSSR count). The number of piperazine rings is 1. The summed E-state index contributed by atoms with van der Waals surface area (Å²) >= 11 is 0. The van der Waals surface area contributed by atoms with Crippen molar-refractivity contribution in [3.8, 4) is 0 Å². The SMILES string of the molecule is I.NC(=O)C1CCC(CN=C(N)N2CCN(c3ccc(F)cc3)CC2)O1. The molecule has 0 radical (unpaired) electrons. The van der Waals surface area contributed by atoms with Crippen molar-refractivity contribution in [1.29, 1.82) is 0 Å². The van der Waals surface area contributed by atoms with Crippen LogP contribution >= 0.6 is 24.0 Å². The number of ether oxygens (including phenoxy) is 1.